The van der Waals surface area contributed by atoms with Crippen LogP contribution in [0.15, 0.2) is 37.1 Å². The minimum Gasteiger partial charge on any atom is -0.344 e. The number of halogens is 1. The number of carbonyl (C=O) groups excluding carboxylic acids is 1. The van der Waals surface area contributed by atoms with Gasteiger partial charge in [-0.2, -0.15) is 5.10 Å². The van der Waals surface area contributed by atoms with E-state index in [1.165, 1.54) is 30.3 Å². The average molecular weight is 301 g/mol. The third kappa shape index (κ3) is 2.68. The number of carbonyl (C=O) groups is 1. The second-order valence-corrected chi connectivity index (χ2v) is 4.58. The van der Waals surface area contributed by atoms with Gasteiger partial charge in [-0.1, -0.05) is 11.3 Å². The minimum atomic E-state index is -0.587. The number of aromatic nitrogens is 6. The maximum atomic E-state index is 14.3. The summed E-state index contributed by atoms with van der Waals surface area (Å²) in [7, 11) is 0. The van der Waals surface area contributed by atoms with Gasteiger partial charge in [-0.05, 0) is 17.7 Å². The SMILES string of the molecule is CC(=O)NC(c1ccc(-n2cncn2)c(F)c1)c1c[nH]nn1. The van der Waals surface area contributed by atoms with Crippen molar-refractivity contribution >= 4 is 5.91 Å². The van der Waals surface area contributed by atoms with Crippen molar-refractivity contribution in [3.8, 4) is 5.69 Å². The lowest BCUT2D eigenvalue weighted by molar-refractivity contribution is -0.119. The van der Waals surface area contributed by atoms with E-state index in [1.54, 1.807) is 18.3 Å². The lowest BCUT2D eigenvalue weighted by Crippen LogP contribution is -2.27. The molecule has 1 amide bonds. The molecule has 0 bridgehead atoms. The van der Waals surface area contributed by atoms with Crippen LogP contribution in [0.1, 0.15) is 24.2 Å². The van der Waals surface area contributed by atoms with Crippen LogP contribution in [0.4, 0.5) is 4.39 Å². The number of nitrogens with one attached hydrogen (secondary N) is 2. The van der Waals surface area contributed by atoms with Crippen molar-refractivity contribution < 1.29 is 9.18 Å². The van der Waals surface area contributed by atoms with Crippen LogP contribution in [0, 0.1) is 5.82 Å². The van der Waals surface area contributed by atoms with Crippen LogP contribution in [-0.4, -0.2) is 36.1 Å². The van der Waals surface area contributed by atoms with E-state index in [9.17, 15) is 9.18 Å². The van der Waals surface area contributed by atoms with Crippen molar-refractivity contribution in [2.75, 3.05) is 0 Å². The molecule has 1 unspecified atom stereocenters. The van der Waals surface area contributed by atoms with Crippen molar-refractivity contribution in [2.45, 2.75) is 13.0 Å². The lowest BCUT2D eigenvalue weighted by atomic mass is 10.0. The first-order chi connectivity index (χ1) is 10.6. The zero-order valence-corrected chi connectivity index (χ0v) is 11.6. The Kier molecular flexibility index (Phi) is 3.60. The molecule has 0 fully saturated rings. The number of aromatic amines is 1. The van der Waals surface area contributed by atoms with Crippen molar-refractivity contribution in [2.24, 2.45) is 0 Å². The lowest BCUT2D eigenvalue weighted by Gasteiger charge is -2.16. The molecular weight excluding hydrogens is 289 g/mol. The molecule has 1 aromatic carbocycles. The van der Waals surface area contributed by atoms with Crippen LogP contribution in [0.5, 0.6) is 0 Å². The zero-order chi connectivity index (χ0) is 15.5. The summed E-state index contributed by atoms with van der Waals surface area (Å²) < 4.78 is 15.6. The predicted octanol–water partition coefficient (Wildman–Crippen LogP) is 0.750. The van der Waals surface area contributed by atoms with Crippen LogP contribution in [0.25, 0.3) is 5.69 Å². The molecule has 0 saturated carbocycles. The Balaban J connectivity index is 1.98. The van der Waals surface area contributed by atoms with Gasteiger partial charge in [-0.3, -0.25) is 9.89 Å². The number of rotatable bonds is 4. The van der Waals surface area contributed by atoms with E-state index in [1.807, 2.05) is 0 Å². The van der Waals surface area contributed by atoms with E-state index >= 15 is 0 Å². The van der Waals surface area contributed by atoms with Crippen molar-refractivity contribution in [1.29, 1.82) is 0 Å². The van der Waals surface area contributed by atoms with Gasteiger partial charge in [-0.25, -0.2) is 14.1 Å². The third-order valence-corrected chi connectivity index (χ3v) is 3.05. The third-order valence-electron chi connectivity index (χ3n) is 3.05. The molecule has 1 atom stereocenters. The smallest absolute Gasteiger partial charge is 0.217 e. The van der Waals surface area contributed by atoms with E-state index in [2.05, 4.69) is 30.8 Å². The molecule has 0 aliphatic carbocycles. The predicted molar refractivity (Wildman–Crippen MR) is 73.4 cm³/mol. The van der Waals surface area contributed by atoms with Gasteiger partial charge >= 0.3 is 0 Å². The molecule has 9 heteroatoms. The fourth-order valence-corrected chi connectivity index (χ4v) is 2.10. The Morgan fingerprint density at radius 1 is 1.45 bits per heavy atom. The normalized spacial score (nSPS) is 12.1. The highest BCUT2D eigenvalue weighted by molar-refractivity contribution is 5.74. The van der Waals surface area contributed by atoms with Gasteiger partial charge in [0.05, 0.1) is 6.04 Å². The van der Waals surface area contributed by atoms with Gasteiger partial charge < -0.3 is 5.32 Å². The summed E-state index contributed by atoms with van der Waals surface area (Å²) in [4.78, 5) is 15.2. The van der Waals surface area contributed by atoms with Crippen molar-refractivity contribution in [1.82, 2.24) is 35.5 Å². The highest BCUT2D eigenvalue weighted by Crippen LogP contribution is 2.23. The van der Waals surface area contributed by atoms with Crippen LogP contribution in [0.2, 0.25) is 0 Å². The molecule has 3 rings (SSSR count). The Bertz CT molecular complexity index is 770. The molecule has 2 aromatic heterocycles. The van der Waals surface area contributed by atoms with Crippen molar-refractivity contribution in [3.05, 3.63) is 54.1 Å². The van der Waals surface area contributed by atoms with Gasteiger partial charge in [-0.15, -0.1) is 5.10 Å². The molecule has 8 nitrogen and oxygen atoms in total. The van der Waals surface area contributed by atoms with Crippen LogP contribution in [0.3, 0.4) is 0 Å². The maximum Gasteiger partial charge on any atom is 0.217 e. The fraction of sp³-hybridized carbons (Fsp3) is 0.154. The molecular formula is C13H12FN7O. The molecule has 0 saturated heterocycles. The summed E-state index contributed by atoms with van der Waals surface area (Å²) in [6.07, 6.45) is 4.27. The molecule has 2 heterocycles. The summed E-state index contributed by atoms with van der Waals surface area (Å²) >= 11 is 0. The topological polar surface area (TPSA) is 101 Å². The number of benzene rings is 1. The maximum absolute atomic E-state index is 14.3. The summed E-state index contributed by atoms with van der Waals surface area (Å²) in [5, 5.41) is 16.7. The van der Waals surface area contributed by atoms with E-state index in [4.69, 9.17) is 0 Å². The van der Waals surface area contributed by atoms with E-state index in [-0.39, 0.29) is 11.6 Å². The Hall–Kier alpha value is -3.10. The zero-order valence-electron chi connectivity index (χ0n) is 11.6. The van der Waals surface area contributed by atoms with Gasteiger partial charge in [0.25, 0.3) is 0 Å². The van der Waals surface area contributed by atoms with Gasteiger partial charge in [0.2, 0.25) is 5.91 Å². The molecule has 2 N–H and O–H groups in total. The molecule has 3 aromatic rings. The molecule has 22 heavy (non-hydrogen) atoms. The second-order valence-electron chi connectivity index (χ2n) is 4.58. The molecule has 0 spiro atoms. The summed E-state index contributed by atoms with van der Waals surface area (Å²) in [5.41, 5.74) is 1.30. The fourth-order valence-electron chi connectivity index (χ4n) is 2.10. The number of hydrogen-bond donors (Lipinski definition) is 2. The number of hydrogen-bond acceptors (Lipinski definition) is 5. The Morgan fingerprint density at radius 2 is 2.32 bits per heavy atom. The Labute approximate surface area is 124 Å². The van der Waals surface area contributed by atoms with Crippen LogP contribution in [-0.2, 0) is 4.79 Å². The largest absolute Gasteiger partial charge is 0.344 e. The van der Waals surface area contributed by atoms with E-state index in [0.29, 0.717) is 11.3 Å². The van der Waals surface area contributed by atoms with Gasteiger partial charge in [0.1, 0.15) is 29.9 Å². The summed E-state index contributed by atoms with van der Waals surface area (Å²) in [6, 6.07) is 3.99. The first-order valence-electron chi connectivity index (χ1n) is 6.43. The summed E-state index contributed by atoms with van der Waals surface area (Å²) in [6.45, 7) is 1.38. The summed E-state index contributed by atoms with van der Waals surface area (Å²) in [5.74, 6) is -0.740. The monoisotopic (exact) mass is 301 g/mol. The number of amides is 1. The Morgan fingerprint density at radius 3 is 2.91 bits per heavy atom. The van der Waals surface area contributed by atoms with Gasteiger partial charge in [0.15, 0.2) is 0 Å². The first kappa shape index (κ1) is 13.9. The highest BCUT2D eigenvalue weighted by Gasteiger charge is 2.19. The highest BCUT2D eigenvalue weighted by atomic mass is 19.1. The molecule has 0 aliphatic heterocycles. The van der Waals surface area contributed by atoms with Gasteiger partial charge in [0, 0.05) is 13.1 Å². The molecule has 112 valence electrons. The molecule has 0 aliphatic rings. The second kappa shape index (κ2) is 5.72. The van der Waals surface area contributed by atoms with Crippen LogP contribution >= 0.6 is 0 Å². The van der Waals surface area contributed by atoms with E-state index < -0.39 is 11.9 Å². The minimum absolute atomic E-state index is 0.256. The standard InChI is InChI=1S/C13H12FN7O/c1-8(22)18-13(11-5-16-20-19-11)9-2-3-12(10(14)4-9)21-7-15-6-17-21/h2-7,13H,1H3,(H,18,22)(H,16,19,20). The number of H-pyrrole nitrogens is 1. The van der Waals surface area contributed by atoms with Crippen LogP contribution < -0.4 is 5.32 Å². The number of nitrogens with zero attached hydrogens (tertiary/aromatic N) is 5. The quantitative estimate of drug-likeness (QED) is 0.740. The van der Waals surface area contributed by atoms with Crippen molar-refractivity contribution in [3.63, 3.8) is 0 Å². The molecule has 0 radical (unpaired) electrons. The van der Waals surface area contributed by atoms with E-state index in [0.717, 1.165) is 0 Å². The first-order valence-corrected chi connectivity index (χ1v) is 6.43. The average Bonchev–Trinajstić information content (AvgIpc) is 3.17.